The fraction of sp³-hybridized carbons (Fsp3) is 0.600. The first-order valence-corrected chi connectivity index (χ1v) is 7.88. The molecule has 0 saturated heterocycles. The van der Waals surface area contributed by atoms with Crippen LogP contribution in [0.3, 0.4) is 0 Å². The quantitative estimate of drug-likeness (QED) is 0.555. The summed E-state index contributed by atoms with van der Waals surface area (Å²) in [5, 5.41) is 0.756. The van der Waals surface area contributed by atoms with E-state index < -0.39 is 12.8 Å². The van der Waals surface area contributed by atoms with Gasteiger partial charge in [0.2, 0.25) is 0 Å². The average molecular weight is 351 g/mol. The van der Waals surface area contributed by atoms with Crippen LogP contribution < -0.4 is 0 Å². The highest BCUT2D eigenvalue weighted by Crippen LogP contribution is 2.41. The van der Waals surface area contributed by atoms with Gasteiger partial charge in [0.05, 0.1) is 0 Å². The molecule has 0 aliphatic heterocycles. The molecule has 1 atom stereocenters. The van der Waals surface area contributed by atoms with Gasteiger partial charge in [-0.25, -0.2) is 0 Å². The third kappa shape index (κ3) is 3.76. The van der Waals surface area contributed by atoms with Gasteiger partial charge >= 0.3 is 6.18 Å². The summed E-state index contributed by atoms with van der Waals surface area (Å²) in [5.41, 5.74) is 2.48. The number of alkyl halides is 4. The molecule has 1 aliphatic rings. The van der Waals surface area contributed by atoms with E-state index >= 15 is 0 Å². The van der Waals surface area contributed by atoms with Crippen LogP contribution in [0.2, 0.25) is 0 Å². The van der Waals surface area contributed by atoms with Gasteiger partial charge < -0.3 is 4.74 Å². The van der Waals surface area contributed by atoms with Gasteiger partial charge in [-0.05, 0) is 36.8 Å². The molecule has 20 heavy (non-hydrogen) atoms. The van der Waals surface area contributed by atoms with Gasteiger partial charge in [-0.1, -0.05) is 40.2 Å². The molecule has 0 N–H and O–H groups in total. The molecular weight excluding hydrogens is 333 g/mol. The Bertz CT molecular complexity index is 447. The predicted octanol–water partition coefficient (Wildman–Crippen LogP) is 4.62. The van der Waals surface area contributed by atoms with Gasteiger partial charge in [-0.2, -0.15) is 13.2 Å². The van der Waals surface area contributed by atoms with Crippen molar-refractivity contribution in [1.82, 2.24) is 0 Å². The van der Waals surface area contributed by atoms with Crippen molar-refractivity contribution >= 4 is 15.9 Å². The van der Waals surface area contributed by atoms with Crippen LogP contribution in [0.1, 0.15) is 30.4 Å². The summed E-state index contributed by atoms with van der Waals surface area (Å²) >= 11 is 3.55. The highest BCUT2D eigenvalue weighted by molar-refractivity contribution is 9.09. The van der Waals surface area contributed by atoms with Crippen molar-refractivity contribution in [3.63, 3.8) is 0 Å². The first-order valence-electron chi connectivity index (χ1n) is 6.76. The molecule has 0 aromatic heterocycles. The number of fused-ring (bicyclic) bond motifs is 1. The van der Waals surface area contributed by atoms with E-state index in [1.165, 1.54) is 11.1 Å². The number of rotatable bonds is 5. The number of ether oxygens (including phenoxy) is 1. The Hall–Kier alpha value is -0.550. The van der Waals surface area contributed by atoms with Crippen molar-refractivity contribution < 1.29 is 17.9 Å². The van der Waals surface area contributed by atoms with E-state index in [1.807, 2.05) is 12.1 Å². The van der Waals surface area contributed by atoms with Crippen LogP contribution in [0.25, 0.3) is 0 Å². The summed E-state index contributed by atoms with van der Waals surface area (Å²) < 4.78 is 41.1. The van der Waals surface area contributed by atoms with Crippen molar-refractivity contribution in [1.29, 1.82) is 0 Å². The van der Waals surface area contributed by atoms with E-state index in [0.717, 1.165) is 24.6 Å². The second-order valence-electron chi connectivity index (χ2n) is 5.34. The molecule has 0 heterocycles. The number of hydrogen-bond acceptors (Lipinski definition) is 1. The van der Waals surface area contributed by atoms with Gasteiger partial charge in [0, 0.05) is 17.4 Å². The molecule has 1 nitrogen and oxygen atoms in total. The SMILES string of the molecule is FC(F)(F)COCCC1(CBr)CCCc2ccccc21. The average Bonchev–Trinajstić information content (AvgIpc) is 2.43. The zero-order valence-electron chi connectivity index (χ0n) is 11.2. The fourth-order valence-corrected chi connectivity index (χ4v) is 3.79. The molecule has 0 radical (unpaired) electrons. The minimum Gasteiger partial charge on any atom is -0.372 e. The predicted molar refractivity (Wildman–Crippen MR) is 76.3 cm³/mol. The lowest BCUT2D eigenvalue weighted by molar-refractivity contribution is -0.174. The van der Waals surface area contributed by atoms with Crippen LogP contribution in [-0.2, 0) is 16.6 Å². The molecule has 1 aromatic carbocycles. The normalized spacial score (nSPS) is 22.6. The molecule has 0 fully saturated rings. The van der Waals surface area contributed by atoms with Crippen molar-refractivity contribution in [3.8, 4) is 0 Å². The Labute approximate surface area is 125 Å². The first kappa shape index (κ1) is 15.8. The van der Waals surface area contributed by atoms with Gasteiger partial charge in [-0.3, -0.25) is 0 Å². The van der Waals surface area contributed by atoms with Crippen LogP contribution in [0.4, 0.5) is 13.2 Å². The summed E-state index contributed by atoms with van der Waals surface area (Å²) in [5.74, 6) is 0. The molecular formula is C15H18BrF3O. The summed E-state index contributed by atoms with van der Waals surface area (Å²) in [4.78, 5) is 0. The molecule has 112 valence electrons. The van der Waals surface area contributed by atoms with Gasteiger partial charge in [0.1, 0.15) is 6.61 Å². The van der Waals surface area contributed by atoms with Crippen molar-refractivity contribution in [2.24, 2.45) is 0 Å². The monoisotopic (exact) mass is 350 g/mol. The second kappa shape index (κ2) is 6.48. The maximum atomic E-state index is 12.1. The fourth-order valence-electron chi connectivity index (χ4n) is 2.93. The van der Waals surface area contributed by atoms with Gasteiger partial charge in [-0.15, -0.1) is 0 Å². The third-order valence-corrected chi connectivity index (χ3v) is 5.01. The van der Waals surface area contributed by atoms with E-state index in [0.29, 0.717) is 6.42 Å². The van der Waals surface area contributed by atoms with Crippen LogP contribution >= 0.6 is 15.9 Å². The Balaban J connectivity index is 2.04. The zero-order valence-corrected chi connectivity index (χ0v) is 12.8. The van der Waals surface area contributed by atoms with Crippen LogP contribution in [0, 0.1) is 0 Å². The molecule has 0 spiro atoms. The molecule has 0 bridgehead atoms. The Morgan fingerprint density at radius 3 is 2.70 bits per heavy atom. The topological polar surface area (TPSA) is 9.23 Å². The lowest BCUT2D eigenvalue weighted by atomic mass is 9.69. The van der Waals surface area contributed by atoms with Crippen molar-refractivity contribution in [2.45, 2.75) is 37.3 Å². The highest BCUT2D eigenvalue weighted by Gasteiger charge is 2.35. The third-order valence-electron chi connectivity index (χ3n) is 3.94. The molecule has 2 rings (SSSR count). The zero-order chi connectivity index (χ0) is 14.6. The number of hydrogen-bond donors (Lipinski definition) is 0. The molecule has 0 saturated carbocycles. The van der Waals surface area contributed by atoms with Gasteiger partial charge in [0.25, 0.3) is 0 Å². The van der Waals surface area contributed by atoms with E-state index in [2.05, 4.69) is 28.1 Å². The summed E-state index contributed by atoms with van der Waals surface area (Å²) in [6, 6.07) is 8.23. The van der Waals surface area contributed by atoms with E-state index in [9.17, 15) is 13.2 Å². The molecule has 1 aliphatic carbocycles. The van der Waals surface area contributed by atoms with Crippen molar-refractivity contribution in [2.75, 3.05) is 18.5 Å². The maximum absolute atomic E-state index is 12.1. The lowest BCUT2D eigenvalue weighted by Crippen LogP contribution is -2.34. The van der Waals surface area contributed by atoms with E-state index in [4.69, 9.17) is 4.74 Å². The largest absolute Gasteiger partial charge is 0.411 e. The maximum Gasteiger partial charge on any atom is 0.411 e. The van der Waals surface area contributed by atoms with Crippen LogP contribution in [0.15, 0.2) is 24.3 Å². The molecule has 0 amide bonds. The molecule has 1 unspecified atom stereocenters. The lowest BCUT2D eigenvalue weighted by Gasteiger charge is -2.38. The number of benzene rings is 1. The first-order chi connectivity index (χ1) is 9.47. The van der Waals surface area contributed by atoms with E-state index in [-0.39, 0.29) is 12.0 Å². The Kier molecular flexibility index (Phi) is 5.13. The minimum absolute atomic E-state index is 0.0968. The number of aryl methyl sites for hydroxylation is 1. The Morgan fingerprint density at radius 2 is 2.00 bits per heavy atom. The van der Waals surface area contributed by atoms with Gasteiger partial charge in [0.15, 0.2) is 0 Å². The molecule has 5 heteroatoms. The highest BCUT2D eigenvalue weighted by atomic mass is 79.9. The summed E-state index contributed by atoms with van der Waals surface area (Å²) in [6.07, 6.45) is -0.516. The minimum atomic E-state index is -4.24. The molecule has 1 aromatic rings. The Morgan fingerprint density at radius 1 is 1.25 bits per heavy atom. The number of halogens is 4. The summed E-state index contributed by atoms with van der Waals surface area (Å²) in [6.45, 7) is -1.02. The van der Waals surface area contributed by atoms with Crippen molar-refractivity contribution in [3.05, 3.63) is 35.4 Å². The standard InChI is InChI=1S/C15H18BrF3O/c16-10-14(8-9-20-11-15(17,18)19)7-3-5-12-4-1-2-6-13(12)14/h1-2,4,6H,3,5,7-11H2. The van der Waals surface area contributed by atoms with E-state index in [1.54, 1.807) is 0 Å². The van der Waals surface area contributed by atoms with Crippen LogP contribution in [0.5, 0.6) is 0 Å². The second-order valence-corrected chi connectivity index (χ2v) is 5.90. The summed E-state index contributed by atoms with van der Waals surface area (Å²) in [7, 11) is 0. The smallest absolute Gasteiger partial charge is 0.372 e. The van der Waals surface area contributed by atoms with Crippen LogP contribution in [-0.4, -0.2) is 24.7 Å².